The summed E-state index contributed by atoms with van der Waals surface area (Å²) in [5, 5.41) is 0.530. The van der Waals surface area contributed by atoms with Crippen molar-refractivity contribution >= 4 is 24.2 Å². The molecule has 566 valence electrons. The fourth-order valence-electron chi connectivity index (χ4n) is 13.3. The first kappa shape index (κ1) is 81.2. The molecule has 1 aliphatic rings. The lowest BCUT2D eigenvalue weighted by Crippen LogP contribution is -2.41. The number of ether oxygens (including phenoxy) is 2. The van der Waals surface area contributed by atoms with Gasteiger partial charge in [0.1, 0.15) is 16.7 Å². The number of benzene rings is 8. The van der Waals surface area contributed by atoms with Crippen LogP contribution in [0.5, 0.6) is 11.5 Å². The highest BCUT2D eigenvalue weighted by Gasteiger charge is 2.52. The standard InChI is InChI=1S/C47H50N2O.C38H46BNO3.C15H16ClN/c1-45(2,3)37-20-18-31(19-21-37)32-22-23-48-41(27-32)33-14-13-15-34(24-33)42-28-36(29-43(49-42)40-16-11-12-17-44(40)50-10)35-25-38(46(4,5)6)30-39(26-35)47(7,8)9;1-35(2,3)28-19-26(20-29(24-28)36(4,5)6)27-22-32(40-33(23-27)31-17-12-13-18-34(31)41-11)25-15-14-16-30(21-25)39-42-37(7,8)38(9,10)43-39;1-15(2,3)13-6-4-11(5-7-13)12-8-9-17-14(16)10-12/h11-30H,1-10H3;12-24H,1-11H3;4-10H,1-3H3. The third kappa shape index (κ3) is 19.3. The molecule has 8 nitrogen and oxygen atoms in total. The van der Waals surface area contributed by atoms with Gasteiger partial charge in [-0.1, -0.05) is 288 Å². The second kappa shape index (κ2) is 31.9. The van der Waals surface area contributed by atoms with Crippen LogP contribution in [0.15, 0.2) is 243 Å². The molecule has 0 spiro atoms. The van der Waals surface area contributed by atoms with Gasteiger partial charge < -0.3 is 18.8 Å². The molecule has 0 amide bonds. The molecule has 1 saturated heterocycles. The molecule has 0 N–H and O–H groups in total. The van der Waals surface area contributed by atoms with Crippen LogP contribution in [0.3, 0.4) is 0 Å². The van der Waals surface area contributed by atoms with Crippen molar-refractivity contribution in [1.82, 2.24) is 19.9 Å². The molecule has 5 heterocycles. The van der Waals surface area contributed by atoms with Crippen molar-refractivity contribution in [2.45, 2.75) is 196 Å². The van der Waals surface area contributed by atoms with Gasteiger partial charge in [-0.3, -0.25) is 4.98 Å². The normalized spacial score (nSPS) is 13.7. The largest absolute Gasteiger partial charge is 0.496 e. The second-order valence-electron chi connectivity index (χ2n) is 36.5. The quantitative estimate of drug-likeness (QED) is 0.0883. The molecule has 8 aromatic carbocycles. The van der Waals surface area contributed by atoms with Gasteiger partial charge >= 0.3 is 7.12 Å². The van der Waals surface area contributed by atoms with Crippen LogP contribution >= 0.6 is 11.6 Å². The number of para-hydroxylation sites is 2. The van der Waals surface area contributed by atoms with Crippen LogP contribution < -0.4 is 14.9 Å². The summed E-state index contributed by atoms with van der Waals surface area (Å²) in [7, 11) is 2.98. The van der Waals surface area contributed by atoms with E-state index in [1.807, 2.05) is 54.7 Å². The van der Waals surface area contributed by atoms with Crippen molar-refractivity contribution in [2.24, 2.45) is 0 Å². The summed E-state index contributed by atoms with van der Waals surface area (Å²) in [6.45, 7) is 49.1. The maximum absolute atomic E-state index is 6.39. The van der Waals surface area contributed by atoms with Gasteiger partial charge in [0.25, 0.3) is 0 Å². The van der Waals surface area contributed by atoms with E-state index in [4.69, 9.17) is 45.3 Å². The highest BCUT2D eigenvalue weighted by atomic mass is 35.5. The zero-order valence-electron chi connectivity index (χ0n) is 69.5. The van der Waals surface area contributed by atoms with Gasteiger partial charge in [-0.15, -0.1) is 0 Å². The summed E-state index contributed by atoms with van der Waals surface area (Å²) >= 11 is 5.89. The molecule has 0 bridgehead atoms. The number of hydrogen-bond acceptors (Lipinski definition) is 8. The predicted molar refractivity (Wildman–Crippen MR) is 465 cm³/mol. The van der Waals surface area contributed by atoms with E-state index < -0.39 is 18.3 Å². The molecule has 13 rings (SSSR count). The number of hydrogen-bond donors (Lipinski definition) is 0. The zero-order valence-corrected chi connectivity index (χ0v) is 70.2. The number of nitrogens with zero attached hydrogens (tertiary/aromatic N) is 4. The summed E-state index contributed by atoms with van der Waals surface area (Å²) in [5.74, 6) is 1.59. The van der Waals surface area contributed by atoms with Crippen molar-refractivity contribution in [3.05, 3.63) is 281 Å². The van der Waals surface area contributed by atoms with Crippen LogP contribution in [0, 0.1) is 0 Å². The zero-order chi connectivity index (χ0) is 79.7. The summed E-state index contributed by atoms with van der Waals surface area (Å²) in [4.78, 5) is 19.3. The maximum atomic E-state index is 6.39. The molecule has 0 aliphatic carbocycles. The van der Waals surface area contributed by atoms with E-state index in [9.17, 15) is 0 Å². The Morgan fingerprint density at radius 2 is 0.627 bits per heavy atom. The first-order chi connectivity index (χ1) is 51.5. The summed E-state index contributed by atoms with van der Waals surface area (Å²) in [6.07, 6.45) is 3.64. The summed E-state index contributed by atoms with van der Waals surface area (Å²) < 4.78 is 24.4. The van der Waals surface area contributed by atoms with Crippen molar-refractivity contribution < 1.29 is 18.8 Å². The Kier molecular flexibility index (Phi) is 23.6. The number of pyridine rings is 4. The van der Waals surface area contributed by atoms with Gasteiger partial charge in [0.2, 0.25) is 0 Å². The Balaban J connectivity index is 0.000000181. The van der Waals surface area contributed by atoms with E-state index >= 15 is 0 Å². The number of aromatic nitrogens is 4. The maximum Gasteiger partial charge on any atom is 0.494 e. The van der Waals surface area contributed by atoms with Gasteiger partial charge in [0.15, 0.2) is 0 Å². The molecule has 110 heavy (non-hydrogen) atoms. The van der Waals surface area contributed by atoms with Gasteiger partial charge in [-0.2, -0.15) is 0 Å². The van der Waals surface area contributed by atoms with Crippen molar-refractivity contribution in [3.63, 3.8) is 0 Å². The lowest BCUT2D eigenvalue weighted by molar-refractivity contribution is 0.00578. The van der Waals surface area contributed by atoms with E-state index in [-0.39, 0.29) is 32.5 Å². The number of rotatable bonds is 12. The van der Waals surface area contributed by atoms with Crippen LogP contribution in [-0.4, -0.2) is 52.5 Å². The number of halogens is 1. The van der Waals surface area contributed by atoms with Gasteiger partial charge in [0, 0.05) is 34.6 Å². The lowest BCUT2D eigenvalue weighted by Gasteiger charge is -2.32. The van der Waals surface area contributed by atoms with Gasteiger partial charge in [-0.05, 0) is 228 Å². The van der Waals surface area contributed by atoms with Gasteiger partial charge in [0.05, 0.1) is 53.9 Å². The van der Waals surface area contributed by atoms with Crippen LogP contribution in [0.25, 0.3) is 101 Å². The van der Waals surface area contributed by atoms with E-state index in [0.717, 1.165) is 95.5 Å². The van der Waals surface area contributed by atoms with E-state index in [1.165, 1.54) is 55.6 Å². The van der Waals surface area contributed by atoms with E-state index in [1.54, 1.807) is 20.4 Å². The van der Waals surface area contributed by atoms with Gasteiger partial charge in [-0.25, -0.2) is 15.0 Å². The first-order valence-corrected chi connectivity index (χ1v) is 38.9. The highest BCUT2D eigenvalue weighted by Crippen LogP contribution is 2.43. The average Bonchev–Trinajstić information content (AvgIpc) is 0.986. The van der Waals surface area contributed by atoms with Crippen LogP contribution in [0.4, 0.5) is 0 Å². The Morgan fingerprint density at radius 3 is 1.02 bits per heavy atom. The monoisotopic (exact) mass is 1480 g/mol. The fraction of sp³-hybridized carbons (Fsp3) is 0.320. The Hall–Kier alpha value is -9.77. The third-order valence-electron chi connectivity index (χ3n) is 21.2. The molecule has 4 aromatic heterocycles. The van der Waals surface area contributed by atoms with Crippen LogP contribution in [0.1, 0.15) is 186 Å². The molecule has 12 aromatic rings. The first-order valence-electron chi connectivity index (χ1n) is 38.6. The van der Waals surface area contributed by atoms with Crippen molar-refractivity contribution in [3.8, 4) is 112 Å². The molecule has 1 aliphatic heterocycles. The predicted octanol–water partition coefficient (Wildman–Crippen LogP) is 26.4. The Bertz CT molecular complexity index is 5170. The molecular weight excluding hydrogens is 1370 g/mol. The molecule has 0 unspecified atom stereocenters. The second-order valence-corrected chi connectivity index (χ2v) is 36.9. The van der Waals surface area contributed by atoms with E-state index in [2.05, 4.69) is 339 Å². The SMILES string of the molecule is CC(C)(C)c1ccc(-c2ccnc(Cl)c2)cc1.COc1ccccc1-c1cc(-c2cc(C(C)(C)C)cc(C(C)(C)C)c2)cc(-c2cccc(-c3cc(-c4ccc(C(C)(C)C)cc4)ccn3)c2)n1.COc1ccccc1-c1cc(-c2cc(C(C)(C)C)cc(C(C)(C)C)c2)cc(-c2cccc(B3OC(C)(C)C(C)(C)O3)c2)n1. The minimum atomic E-state index is -0.445. The summed E-state index contributed by atoms with van der Waals surface area (Å²) in [5.41, 5.74) is 27.1. The number of methoxy groups -OCH3 is 2. The smallest absolute Gasteiger partial charge is 0.494 e. The highest BCUT2D eigenvalue weighted by molar-refractivity contribution is 6.62. The molecule has 0 saturated carbocycles. The molecule has 10 heteroatoms. The molecule has 1 fully saturated rings. The minimum absolute atomic E-state index is 0.00183. The van der Waals surface area contributed by atoms with Crippen molar-refractivity contribution in [1.29, 1.82) is 0 Å². The minimum Gasteiger partial charge on any atom is -0.496 e. The van der Waals surface area contributed by atoms with Crippen molar-refractivity contribution in [2.75, 3.05) is 14.2 Å². The lowest BCUT2D eigenvalue weighted by atomic mass is 9.78. The molecule has 0 radical (unpaired) electrons. The third-order valence-corrected chi connectivity index (χ3v) is 21.4. The van der Waals surface area contributed by atoms with Crippen LogP contribution in [-0.2, 0) is 41.8 Å². The summed E-state index contributed by atoms with van der Waals surface area (Å²) in [6, 6.07) is 81.7. The average molecular weight is 1480 g/mol. The fourth-order valence-corrected chi connectivity index (χ4v) is 13.5. The topological polar surface area (TPSA) is 88.5 Å². The molecule has 0 atom stereocenters. The Labute approximate surface area is 662 Å². The van der Waals surface area contributed by atoms with E-state index in [0.29, 0.717) is 5.15 Å². The Morgan fingerprint density at radius 1 is 0.291 bits per heavy atom. The molecular formula is C100H112BClN4O4. The van der Waals surface area contributed by atoms with Crippen LogP contribution in [0.2, 0.25) is 5.15 Å².